The highest BCUT2D eigenvalue weighted by Crippen LogP contribution is 2.31. The van der Waals surface area contributed by atoms with Crippen molar-refractivity contribution >= 4 is 58.6 Å². The minimum absolute atomic E-state index is 0.271. The minimum atomic E-state index is -2.19. The maximum Gasteiger partial charge on any atom is 0.303 e. The summed E-state index contributed by atoms with van der Waals surface area (Å²) in [6, 6.07) is 0. The molecule has 0 spiro atoms. The Balaban J connectivity index is 3.09. The number of hydrogen-bond acceptors (Lipinski definition) is 9. The van der Waals surface area contributed by atoms with Gasteiger partial charge in [-0.25, -0.2) is 0 Å². The van der Waals surface area contributed by atoms with Crippen molar-refractivity contribution in [2.24, 2.45) is 0 Å². The molecule has 1 rings (SSSR count). The van der Waals surface area contributed by atoms with E-state index in [1.165, 1.54) is 0 Å². The van der Waals surface area contributed by atoms with E-state index < -0.39 is 52.2 Å². The van der Waals surface area contributed by atoms with E-state index in [2.05, 4.69) is 0 Å². The number of carbonyl (C=O) groups is 3. The summed E-state index contributed by atoms with van der Waals surface area (Å²) < 4.78 is 23.4. The molecule has 0 unspecified atom stereocenters. The number of halogens is 3. The van der Waals surface area contributed by atoms with Crippen LogP contribution in [0.1, 0.15) is 20.8 Å². The molecule has 0 bridgehead atoms. The molecule has 0 saturated carbocycles. The lowest BCUT2D eigenvalue weighted by Gasteiger charge is -2.40. The molecule has 0 aliphatic carbocycles. The van der Waals surface area contributed by atoms with E-state index in [0.717, 1.165) is 20.8 Å². The average molecular weight is 421 g/mol. The van der Waals surface area contributed by atoms with E-state index in [1.807, 2.05) is 0 Å². The van der Waals surface area contributed by atoms with E-state index >= 15 is 0 Å². The van der Waals surface area contributed by atoms with Crippen molar-refractivity contribution in [3.05, 3.63) is 0 Å². The molecule has 1 aliphatic heterocycles. The first-order chi connectivity index (χ1) is 11.4. The Hall–Kier alpha value is -1.29. The van der Waals surface area contributed by atoms with Gasteiger partial charge < -0.3 is 23.7 Å². The topological polar surface area (TPSA) is 121 Å². The zero-order valence-electron chi connectivity index (χ0n) is 13.4. The molecule has 1 heterocycles. The van der Waals surface area contributed by atoms with Gasteiger partial charge in [0, 0.05) is 20.8 Å². The first-order valence-corrected chi connectivity index (χ1v) is 8.01. The van der Waals surface area contributed by atoms with E-state index in [0.29, 0.717) is 0 Å². The van der Waals surface area contributed by atoms with E-state index in [9.17, 15) is 14.4 Å². The lowest BCUT2D eigenvalue weighted by molar-refractivity contribution is -0.263. The highest BCUT2D eigenvalue weighted by Gasteiger charge is 2.49. The summed E-state index contributed by atoms with van der Waals surface area (Å²) in [5, 5.41) is 7.59. The Morgan fingerprint density at radius 2 is 1.40 bits per heavy atom. The maximum absolute atomic E-state index is 11.4. The number of rotatable bonds is 4. The van der Waals surface area contributed by atoms with Gasteiger partial charge in [0.15, 0.2) is 12.2 Å². The van der Waals surface area contributed by atoms with Gasteiger partial charge in [0.1, 0.15) is 0 Å². The third-order valence-electron chi connectivity index (χ3n) is 2.80. The second-order valence-electron chi connectivity index (χ2n) is 4.94. The molecule has 0 aromatic carbocycles. The normalized spacial score (nSPS) is 26.3. The van der Waals surface area contributed by atoms with Crippen molar-refractivity contribution < 1.29 is 38.1 Å². The molecule has 0 amide bonds. The van der Waals surface area contributed by atoms with Crippen LogP contribution in [0.5, 0.6) is 0 Å². The van der Waals surface area contributed by atoms with Crippen LogP contribution in [-0.4, -0.2) is 58.8 Å². The second-order valence-corrected chi connectivity index (χ2v) is 7.22. The van der Waals surface area contributed by atoms with E-state index in [1.54, 1.807) is 0 Å². The average Bonchev–Trinajstić information content (AvgIpc) is 2.42. The van der Waals surface area contributed by atoms with E-state index in [4.69, 9.17) is 63.9 Å². The maximum atomic E-state index is 11.4. The molecule has 12 heteroatoms. The number of alkyl halides is 3. The van der Waals surface area contributed by atoms with Crippen LogP contribution in [0.4, 0.5) is 0 Å². The lowest BCUT2D eigenvalue weighted by atomic mass is 10.0. The van der Waals surface area contributed by atoms with Crippen LogP contribution in [0.3, 0.4) is 0 Å². The molecule has 0 radical (unpaired) electrons. The molecular formula is C13H16Cl3NO8. The summed E-state index contributed by atoms with van der Waals surface area (Å²) in [6.45, 7) is 3.09. The summed E-state index contributed by atoms with van der Waals surface area (Å²) in [5.41, 5.74) is 0. The van der Waals surface area contributed by atoms with Gasteiger partial charge in [0.05, 0.1) is 6.61 Å². The monoisotopic (exact) mass is 419 g/mol. The zero-order valence-corrected chi connectivity index (χ0v) is 15.7. The fourth-order valence-corrected chi connectivity index (χ4v) is 2.13. The number of ether oxygens (including phenoxy) is 5. The molecule has 9 nitrogen and oxygen atoms in total. The van der Waals surface area contributed by atoms with Crippen LogP contribution in [0.2, 0.25) is 0 Å². The summed E-state index contributed by atoms with van der Waals surface area (Å²) in [5.74, 6) is -2.95. The molecule has 4 atom stereocenters. The Bertz CT molecular complexity index is 550. The number of carbonyl (C=O) groups excluding carboxylic acids is 3. The van der Waals surface area contributed by atoms with Crippen molar-refractivity contribution in [3.63, 3.8) is 0 Å². The SMILES string of the molecule is CC(=O)O[C@@H]1[C@@H](OC(C)=O)[C@@H](OC(=N)C(Cl)(Cl)Cl)OC[C@H]1OC(C)=O. The molecule has 1 fully saturated rings. The molecule has 1 N–H and O–H groups in total. The lowest BCUT2D eigenvalue weighted by Crippen LogP contribution is -2.58. The van der Waals surface area contributed by atoms with Gasteiger partial charge in [-0.1, -0.05) is 34.8 Å². The van der Waals surface area contributed by atoms with Crippen molar-refractivity contribution in [1.29, 1.82) is 5.41 Å². The van der Waals surface area contributed by atoms with Crippen LogP contribution in [0, 0.1) is 5.41 Å². The first-order valence-electron chi connectivity index (χ1n) is 6.87. The van der Waals surface area contributed by atoms with Gasteiger partial charge >= 0.3 is 17.9 Å². The summed E-state index contributed by atoms with van der Waals surface area (Å²) in [4.78, 5) is 34.0. The number of hydrogen-bond donors (Lipinski definition) is 1. The predicted octanol–water partition coefficient (Wildman–Crippen LogP) is 1.50. The van der Waals surface area contributed by atoms with Gasteiger partial charge in [-0.2, -0.15) is 0 Å². The summed E-state index contributed by atoms with van der Waals surface area (Å²) >= 11 is 16.6. The molecule has 142 valence electrons. The third-order valence-corrected chi connectivity index (χ3v) is 3.31. The van der Waals surface area contributed by atoms with Gasteiger partial charge in [0.2, 0.25) is 18.3 Å². The van der Waals surface area contributed by atoms with Crippen LogP contribution in [0.15, 0.2) is 0 Å². The number of esters is 3. The van der Waals surface area contributed by atoms with Gasteiger partial charge in [0.25, 0.3) is 3.79 Å². The summed E-state index contributed by atoms with van der Waals surface area (Å²) in [7, 11) is 0. The van der Waals surface area contributed by atoms with Crippen molar-refractivity contribution in [2.75, 3.05) is 6.61 Å². The Kier molecular flexibility index (Phi) is 7.73. The largest absolute Gasteiger partial charge is 0.456 e. The molecular weight excluding hydrogens is 405 g/mol. The quantitative estimate of drug-likeness (QED) is 0.239. The molecule has 0 aromatic heterocycles. The molecule has 25 heavy (non-hydrogen) atoms. The molecule has 1 saturated heterocycles. The van der Waals surface area contributed by atoms with Crippen LogP contribution in [0.25, 0.3) is 0 Å². The summed E-state index contributed by atoms with van der Waals surface area (Å²) in [6.07, 6.45) is -5.10. The Morgan fingerprint density at radius 3 is 1.84 bits per heavy atom. The zero-order chi connectivity index (χ0) is 19.4. The number of nitrogens with one attached hydrogen (secondary N) is 1. The highest BCUT2D eigenvalue weighted by atomic mass is 35.6. The fraction of sp³-hybridized carbons (Fsp3) is 0.692. The molecule has 0 aromatic rings. The minimum Gasteiger partial charge on any atom is -0.456 e. The standard InChI is InChI=1S/C13H16Cl3NO8/c1-5(18)22-8-4-21-11(25-12(17)13(14,15)16)10(24-7(3)20)9(8)23-6(2)19/h8-11,17H,4H2,1-3H3/t8-,9+,10-,11-/m1/s1. The van der Waals surface area contributed by atoms with Crippen molar-refractivity contribution in [2.45, 2.75) is 49.2 Å². The Labute approximate surface area is 158 Å². The van der Waals surface area contributed by atoms with E-state index in [-0.39, 0.29) is 6.61 Å². The first kappa shape index (κ1) is 21.8. The van der Waals surface area contributed by atoms with Gasteiger partial charge in [-0.15, -0.1) is 0 Å². The van der Waals surface area contributed by atoms with Crippen LogP contribution >= 0.6 is 34.8 Å². The Morgan fingerprint density at radius 1 is 0.920 bits per heavy atom. The van der Waals surface area contributed by atoms with Crippen molar-refractivity contribution in [3.8, 4) is 0 Å². The van der Waals surface area contributed by atoms with Crippen molar-refractivity contribution in [1.82, 2.24) is 0 Å². The smallest absolute Gasteiger partial charge is 0.303 e. The van der Waals surface area contributed by atoms with Crippen LogP contribution in [-0.2, 0) is 38.1 Å². The van der Waals surface area contributed by atoms with Gasteiger partial charge in [-0.3, -0.25) is 19.8 Å². The van der Waals surface area contributed by atoms with Crippen LogP contribution < -0.4 is 0 Å². The molecule has 1 aliphatic rings. The van der Waals surface area contributed by atoms with Gasteiger partial charge in [-0.05, 0) is 0 Å². The third kappa shape index (κ3) is 6.85. The fourth-order valence-electron chi connectivity index (χ4n) is 1.99. The highest BCUT2D eigenvalue weighted by molar-refractivity contribution is 6.76. The predicted molar refractivity (Wildman–Crippen MR) is 85.5 cm³/mol. The second kappa shape index (κ2) is 8.88.